The molecule has 4 N–H and O–H groups in total. The molecule has 0 amide bonds. The third-order valence-electron chi connectivity index (χ3n) is 4.09. The molecule has 122 valence electrons. The highest BCUT2D eigenvalue weighted by Gasteiger charge is 2.12. The summed E-state index contributed by atoms with van der Waals surface area (Å²) >= 11 is 0. The molecule has 5 nitrogen and oxygen atoms in total. The molecule has 0 spiro atoms. The minimum atomic E-state index is 0.232. The first-order valence-electron chi connectivity index (χ1n) is 7.98. The van der Waals surface area contributed by atoms with Crippen molar-refractivity contribution in [1.82, 2.24) is 15.0 Å². The van der Waals surface area contributed by atoms with Gasteiger partial charge in [0.1, 0.15) is 11.2 Å². The van der Waals surface area contributed by atoms with E-state index in [1.54, 1.807) is 0 Å². The molecular formula is C20H17N5. The minimum absolute atomic E-state index is 0.232. The van der Waals surface area contributed by atoms with Crippen LogP contribution in [0.1, 0.15) is 5.56 Å². The lowest BCUT2D eigenvalue weighted by atomic mass is 10.0. The van der Waals surface area contributed by atoms with Crippen LogP contribution in [0.5, 0.6) is 0 Å². The average Bonchev–Trinajstić information content (AvgIpc) is 2.63. The van der Waals surface area contributed by atoms with Crippen molar-refractivity contribution in [3.05, 3.63) is 66.2 Å². The van der Waals surface area contributed by atoms with Gasteiger partial charge in [-0.3, -0.25) is 0 Å². The molecule has 0 unspecified atom stereocenters. The molecule has 5 heteroatoms. The van der Waals surface area contributed by atoms with Gasteiger partial charge in [0.05, 0.1) is 11.2 Å². The molecule has 0 saturated carbocycles. The van der Waals surface area contributed by atoms with Crippen LogP contribution in [0, 0.1) is 6.92 Å². The molecule has 0 aliphatic rings. The van der Waals surface area contributed by atoms with E-state index in [0.29, 0.717) is 16.7 Å². The number of nitrogen functional groups attached to an aromatic ring is 2. The van der Waals surface area contributed by atoms with Crippen molar-refractivity contribution in [3.8, 4) is 22.5 Å². The zero-order valence-corrected chi connectivity index (χ0v) is 13.8. The lowest BCUT2D eigenvalue weighted by molar-refractivity contribution is 1.21. The van der Waals surface area contributed by atoms with E-state index in [4.69, 9.17) is 16.5 Å². The molecule has 4 aromatic rings. The van der Waals surface area contributed by atoms with Crippen molar-refractivity contribution in [3.63, 3.8) is 0 Å². The Hall–Kier alpha value is -3.47. The molecular weight excluding hydrogens is 310 g/mol. The number of nitrogens with zero attached hydrogens (tertiary/aromatic N) is 3. The average molecular weight is 327 g/mol. The Morgan fingerprint density at radius 1 is 0.800 bits per heavy atom. The summed E-state index contributed by atoms with van der Waals surface area (Å²) in [6.45, 7) is 2.03. The van der Waals surface area contributed by atoms with Crippen LogP contribution in [0.3, 0.4) is 0 Å². The number of aromatic nitrogens is 3. The minimum Gasteiger partial charge on any atom is -0.398 e. The first-order chi connectivity index (χ1) is 12.1. The first kappa shape index (κ1) is 15.1. The summed E-state index contributed by atoms with van der Waals surface area (Å²) in [5.41, 5.74) is 18.6. The quantitative estimate of drug-likeness (QED) is 0.546. The van der Waals surface area contributed by atoms with E-state index >= 15 is 0 Å². The number of rotatable bonds is 2. The third-order valence-corrected chi connectivity index (χ3v) is 4.09. The van der Waals surface area contributed by atoms with E-state index in [2.05, 4.69) is 9.97 Å². The third kappa shape index (κ3) is 2.76. The number of hydrogen-bond acceptors (Lipinski definition) is 5. The summed E-state index contributed by atoms with van der Waals surface area (Å²) in [6.07, 6.45) is 0. The van der Waals surface area contributed by atoms with E-state index in [1.165, 1.54) is 0 Å². The molecule has 0 saturated heterocycles. The Bertz CT molecular complexity index is 1070. The number of nitrogens with two attached hydrogens (primary N) is 2. The Labute approximate surface area is 145 Å². The standard InChI is InChI=1S/C20H17N5/c1-12-7-8-15(21)14(11-12)16-9-10-17-19(23-16)18(25-20(22)24-17)13-5-3-2-4-6-13/h2-11H,21H2,1H3,(H2,22,24,25). The van der Waals surface area contributed by atoms with Crippen LogP contribution in [-0.4, -0.2) is 15.0 Å². The maximum Gasteiger partial charge on any atom is 0.221 e. The van der Waals surface area contributed by atoms with Crippen LogP contribution in [0.15, 0.2) is 60.7 Å². The van der Waals surface area contributed by atoms with E-state index in [1.807, 2.05) is 67.6 Å². The number of pyridine rings is 1. The van der Waals surface area contributed by atoms with Crippen LogP contribution in [0.2, 0.25) is 0 Å². The molecule has 0 aliphatic carbocycles. The van der Waals surface area contributed by atoms with Crippen molar-refractivity contribution < 1.29 is 0 Å². The second kappa shape index (κ2) is 5.87. The van der Waals surface area contributed by atoms with Gasteiger partial charge < -0.3 is 11.5 Å². The zero-order chi connectivity index (χ0) is 17.4. The number of aryl methyl sites for hydroxylation is 1. The Morgan fingerprint density at radius 2 is 1.60 bits per heavy atom. The van der Waals surface area contributed by atoms with Gasteiger partial charge in [-0.05, 0) is 31.2 Å². The van der Waals surface area contributed by atoms with Crippen LogP contribution in [0.4, 0.5) is 11.6 Å². The maximum absolute atomic E-state index is 6.15. The number of benzene rings is 2. The maximum atomic E-state index is 6.15. The first-order valence-corrected chi connectivity index (χ1v) is 7.98. The van der Waals surface area contributed by atoms with Gasteiger partial charge in [0, 0.05) is 16.8 Å². The highest BCUT2D eigenvalue weighted by atomic mass is 15.0. The number of anilines is 2. The molecule has 4 rings (SSSR count). The van der Waals surface area contributed by atoms with E-state index < -0.39 is 0 Å². The van der Waals surface area contributed by atoms with Crippen LogP contribution in [-0.2, 0) is 0 Å². The van der Waals surface area contributed by atoms with Gasteiger partial charge in [0.25, 0.3) is 0 Å². The summed E-state index contributed by atoms with van der Waals surface area (Å²) in [6, 6.07) is 19.6. The van der Waals surface area contributed by atoms with E-state index in [9.17, 15) is 0 Å². The summed E-state index contributed by atoms with van der Waals surface area (Å²) < 4.78 is 0. The Morgan fingerprint density at radius 3 is 2.40 bits per heavy atom. The topological polar surface area (TPSA) is 90.7 Å². The van der Waals surface area contributed by atoms with Gasteiger partial charge in [-0.1, -0.05) is 42.0 Å². The predicted molar refractivity (Wildman–Crippen MR) is 102 cm³/mol. The SMILES string of the molecule is Cc1ccc(N)c(-c2ccc3nc(N)nc(-c4ccccc4)c3n2)c1. The highest BCUT2D eigenvalue weighted by molar-refractivity contribution is 5.92. The molecule has 0 fully saturated rings. The molecule has 2 aromatic carbocycles. The smallest absolute Gasteiger partial charge is 0.221 e. The van der Waals surface area contributed by atoms with Crippen molar-refractivity contribution in [2.45, 2.75) is 6.92 Å². The fourth-order valence-corrected chi connectivity index (χ4v) is 2.87. The summed E-state index contributed by atoms with van der Waals surface area (Å²) in [5.74, 6) is 0.232. The Balaban J connectivity index is 1.99. The second-order valence-corrected chi connectivity index (χ2v) is 5.95. The van der Waals surface area contributed by atoms with Gasteiger partial charge in [-0.15, -0.1) is 0 Å². The van der Waals surface area contributed by atoms with Crippen molar-refractivity contribution >= 4 is 22.7 Å². The zero-order valence-electron chi connectivity index (χ0n) is 13.8. The van der Waals surface area contributed by atoms with Gasteiger partial charge >= 0.3 is 0 Å². The molecule has 25 heavy (non-hydrogen) atoms. The second-order valence-electron chi connectivity index (χ2n) is 5.95. The van der Waals surface area contributed by atoms with Gasteiger partial charge in [-0.2, -0.15) is 0 Å². The van der Waals surface area contributed by atoms with E-state index in [-0.39, 0.29) is 5.95 Å². The largest absolute Gasteiger partial charge is 0.398 e. The molecule has 0 bridgehead atoms. The summed E-state index contributed by atoms with van der Waals surface area (Å²) in [4.78, 5) is 13.5. The summed E-state index contributed by atoms with van der Waals surface area (Å²) in [5, 5.41) is 0. The lowest BCUT2D eigenvalue weighted by Gasteiger charge is -2.10. The monoisotopic (exact) mass is 327 g/mol. The Kier molecular flexibility index (Phi) is 3.54. The van der Waals surface area contributed by atoms with Crippen molar-refractivity contribution in [2.24, 2.45) is 0 Å². The predicted octanol–water partition coefficient (Wildman–Crippen LogP) is 3.83. The van der Waals surface area contributed by atoms with Gasteiger partial charge in [-0.25, -0.2) is 15.0 Å². The van der Waals surface area contributed by atoms with E-state index in [0.717, 1.165) is 28.1 Å². The molecule has 0 atom stereocenters. The highest BCUT2D eigenvalue weighted by Crippen LogP contribution is 2.30. The molecule has 2 aromatic heterocycles. The van der Waals surface area contributed by atoms with Crippen LogP contribution < -0.4 is 11.5 Å². The van der Waals surface area contributed by atoms with Crippen molar-refractivity contribution in [1.29, 1.82) is 0 Å². The van der Waals surface area contributed by atoms with Crippen LogP contribution >= 0.6 is 0 Å². The fraction of sp³-hybridized carbons (Fsp3) is 0.0500. The normalized spacial score (nSPS) is 10.9. The number of hydrogen-bond donors (Lipinski definition) is 2. The molecule has 2 heterocycles. The van der Waals surface area contributed by atoms with Gasteiger partial charge in [0.15, 0.2) is 0 Å². The van der Waals surface area contributed by atoms with Crippen LogP contribution in [0.25, 0.3) is 33.5 Å². The number of fused-ring (bicyclic) bond motifs is 1. The van der Waals surface area contributed by atoms with Gasteiger partial charge in [0.2, 0.25) is 5.95 Å². The molecule has 0 aliphatic heterocycles. The van der Waals surface area contributed by atoms with Crippen molar-refractivity contribution in [2.75, 3.05) is 11.5 Å². The lowest BCUT2D eigenvalue weighted by Crippen LogP contribution is -2.00. The molecule has 0 radical (unpaired) electrons. The fourth-order valence-electron chi connectivity index (χ4n) is 2.87. The summed E-state index contributed by atoms with van der Waals surface area (Å²) in [7, 11) is 0.